The van der Waals surface area contributed by atoms with Crippen LogP contribution in [-0.4, -0.2) is 9.13 Å². The average Bonchev–Trinajstić information content (AvgIpc) is 3.49. The topological polar surface area (TPSA) is 9.86 Å². The molecular formula is C36H34N2. The summed E-state index contributed by atoms with van der Waals surface area (Å²) in [6, 6.07) is 45.2. The first-order chi connectivity index (χ1) is 18.9. The summed E-state index contributed by atoms with van der Waals surface area (Å²) in [7, 11) is 0. The molecule has 0 aliphatic rings. The zero-order valence-electron chi connectivity index (χ0n) is 22.1. The van der Waals surface area contributed by atoms with Crippen LogP contribution in [0.3, 0.4) is 0 Å². The first-order valence-corrected chi connectivity index (χ1v) is 13.9. The van der Waals surface area contributed by atoms with E-state index in [0.717, 1.165) is 6.54 Å². The highest BCUT2D eigenvalue weighted by Crippen LogP contribution is 2.31. The molecule has 7 rings (SSSR count). The molecule has 0 atom stereocenters. The van der Waals surface area contributed by atoms with Crippen LogP contribution in [0.2, 0.25) is 0 Å². The number of nitrogens with zero attached hydrogens (tertiary/aromatic N) is 2. The molecule has 2 heteroatoms. The smallest absolute Gasteiger partial charge is 0.0541 e. The Morgan fingerprint density at radius 1 is 0.421 bits per heavy atom. The van der Waals surface area contributed by atoms with Gasteiger partial charge < -0.3 is 9.13 Å². The van der Waals surface area contributed by atoms with Gasteiger partial charge in [-0.1, -0.05) is 117 Å². The number of aromatic nitrogens is 2. The minimum atomic E-state index is 1.13. The first-order valence-electron chi connectivity index (χ1n) is 13.9. The highest BCUT2D eigenvalue weighted by molar-refractivity contribution is 6.09. The minimum absolute atomic E-state index is 1.13. The fraction of sp³-hybridized carbons (Fsp3) is 0.167. The lowest BCUT2D eigenvalue weighted by Crippen LogP contribution is -1.97. The van der Waals surface area contributed by atoms with Crippen LogP contribution in [0.5, 0.6) is 0 Å². The molecule has 0 aliphatic heterocycles. The van der Waals surface area contributed by atoms with Crippen molar-refractivity contribution in [1.29, 1.82) is 0 Å². The highest BCUT2D eigenvalue weighted by Gasteiger charge is 2.10. The quantitative estimate of drug-likeness (QED) is 0.204. The number of hydrogen-bond donors (Lipinski definition) is 0. The largest absolute Gasteiger partial charge is 0.340 e. The van der Waals surface area contributed by atoms with E-state index in [0.29, 0.717) is 0 Å². The molecule has 0 radical (unpaired) electrons. The molecule has 188 valence electrons. The third-order valence-corrected chi connectivity index (χ3v) is 7.51. The van der Waals surface area contributed by atoms with E-state index in [1.165, 1.54) is 75.0 Å². The fourth-order valence-corrected chi connectivity index (χ4v) is 5.72. The number of unbranched alkanes of at least 4 members (excludes halogenated alkanes) is 3. The second-order valence-electron chi connectivity index (χ2n) is 9.95. The van der Waals surface area contributed by atoms with Crippen molar-refractivity contribution in [2.75, 3.05) is 0 Å². The second-order valence-corrected chi connectivity index (χ2v) is 9.95. The van der Waals surface area contributed by atoms with Crippen LogP contribution in [0.15, 0.2) is 127 Å². The van der Waals surface area contributed by atoms with Crippen LogP contribution in [-0.2, 0) is 6.54 Å². The Morgan fingerprint density at radius 3 is 1.34 bits per heavy atom. The predicted molar refractivity (Wildman–Crippen MR) is 164 cm³/mol. The van der Waals surface area contributed by atoms with Gasteiger partial charge in [-0.25, -0.2) is 0 Å². The molecule has 38 heavy (non-hydrogen) atoms. The van der Waals surface area contributed by atoms with Crippen LogP contribution in [0.1, 0.15) is 32.6 Å². The number of aryl methyl sites for hydroxylation is 1. The summed E-state index contributed by atoms with van der Waals surface area (Å²) in [5, 5.41) is 5.38. The molecule has 0 spiro atoms. The number of hydrogen-bond acceptors (Lipinski definition) is 0. The molecule has 2 nitrogen and oxygen atoms in total. The van der Waals surface area contributed by atoms with Gasteiger partial charge in [0.1, 0.15) is 0 Å². The van der Waals surface area contributed by atoms with E-state index in [-0.39, 0.29) is 0 Å². The summed E-state index contributed by atoms with van der Waals surface area (Å²) < 4.78 is 4.81. The fourth-order valence-electron chi connectivity index (χ4n) is 5.72. The van der Waals surface area contributed by atoms with Crippen molar-refractivity contribution >= 4 is 43.6 Å². The average molecular weight is 495 g/mol. The molecule has 5 aromatic carbocycles. The maximum absolute atomic E-state index is 2.49. The molecular weight excluding hydrogens is 460 g/mol. The number of benzene rings is 5. The van der Waals surface area contributed by atoms with Gasteiger partial charge >= 0.3 is 0 Å². The molecule has 2 heterocycles. The van der Waals surface area contributed by atoms with Crippen molar-refractivity contribution in [1.82, 2.24) is 9.13 Å². The van der Waals surface area contributed by atoms with Crippen molar-refractivity contribution in [2.45, 2.75) is 39.2 Å². The minimum Gasteiger partial charge on any atom is -0.340 e. The van der Waals surface area contributed by atoms with E-state index in [2.05, 4.69) is 143 Å². The van der Waals surface area contributed by atoms with Crippen molar-refractivity contribution < 1.29 is 0 Å². The van der Waals surface area contributed by atoms with E-state index < -0.39 is 0 Å². The van der Waals surface area contributed by atoms with Crippen LogP contribution >= 0.6 is 0 Å². The third-order valence-electron chi connectivity index (χ3n) is 7.51. The lowest BCUT2D eigenvalue weighted by Gasteiger charge is -2.07. The number of para-hydroxylation sites is 5. The third kappa shape index (κ3) is 4.48. The summed E-state index contributed by atoms with van der Waals surface area (Å²) in [6.07, 6.45) is 5.25. The molecule has 0 amide bonds. The van der Waals surface area contributed by atoms with Crippen LogP contribution < -0.4 is 0 Å². The molecule has 7 aromatic rings. The van der Waals surface area contributed by atoms with Crippen LogP contribution in [0.25, 0.3) is 49.3 Å². The van der Waals surface area contributed by atoms with E-state index in [1.54, 1.807) is 0 Å². The Labute approximate surface area is 224 Å². The molecule has 0 fully saturated rings. The summed E-state index contributed by atoms with van der Waals surface area (Å²) >= 11 is 0. The first kappa shape index (κ1) is 24.1. The van der Waals surface area contributed by atoms with Gasteiger partial charge in [-0.2, -0.15) is 0 Å². The van der Waals surface area contributed by atoms with Gasteiger partial charge in [-0.05, 0) is 42.8 Å². The lowest BCUT2D eigenvalue weighted by molar-refractivity contribution is 0.602. The summed E-state index contributed by atoms with van der Waals surface area (Å²) in [4.78, 5) is 0. The second kappa shape index (κ2) is 11.0. The Hall–Kier alpha value is -4.30. The Morgan fingerprint density at radius 2 is 0.842 bits per heavy atom. The molecule has 0 saturated carbocycles. The Balaban J connectivity index is 0.000000139. The lowest BCUT2D eigenvalue weighted by atomic mass is 10.2. The maximum Gasteiger partial charge on any atom is 0.0541 e. The monoisotopic (exact) mass is 494 g/mol. The molecule has 0 saturated heterocycles. The molecule has 0 bridgehead atoms. The molecule has 2 aromatic heterocycles. The van der Waals surface area contributed by atoms with Crippen molar-refractivity contribution in [3.05, 3.63) is 127 Å². The van der Waals surface area contributed by atoms with E-state index in [9.17, 15) is 0 Å². The SMILES string of the molecule is CCCCCCn1c2ccccc2c2ccccc21.c1ccc(-n2c3ccccc3c3ccccc32)cc1. The van der Waals surface area contributed by atoms with E-state index >= 15 is 0 Å². The van der Waals surface area contributed by atoms with Gasteiger partial charge in [0.2, 0.25) is 0 Å². The van der Waals surface area contributed by atoms with Crippen molar-refractivity contribution in [3.8, 4) is 5.69 Å². The van der Waals surface area contributed by atoms with Gasteiger partial charge in [0, 0.05) is 44.8 Å². The molecule has 0 unspecified atom stereocenters. The summed E-state index contributed by atoms with van der Waals surface area (Å²) in [5.74, 6) is 0. The van der Waals surface area contributed by atoms with Gasteiger partial charge in [-0.15, -0.1) is 0 Å². The normalized spacial score (nSPS) is 11.3. The van der Waals surface area contributed by atoms with Crippen molar-refractivity contribution in [2.24, 2.45) is 0 Å². The predicted octanol–water partition coefficient (Wildman–Crippen LogP) is 10.2. The van der Waals surface area contributed by atoms with Crippen molar-refractivity contribution in [3.63, 3.8) is 0 Å². The number of rotatable bonds is 6. The summed E-state index contributed by atoms with van der Waals surface area (Å²) in [5.41, 5.74) is 6.48. The molecule has 0 aliphatic carbocycles. The van der Waals surface area contributed by atoms with Gasteiger partial charge in [0.25, 0.3) is 0 Å². The Bertz CT molecular complexity index is 1700. The van der Waals surface area contributed by atoms with E-state index in [1.807, 2.05) is 0 Å². The van der Waals surface area contributed by atoms with Gasteiger partial charge in [0.05, 0.1) is 11.0 Å². The van der Waals surface area contributed by atoms with E-state index in [4.69, 9.17) is 0 Å². The van der Waals surface area contributed by atoms with Crippen LogP contribution in [0.4, 0.5) is 0 Å². The zero-order valence-corrected chi connectivity index (χ0v) is 22.1. The van der Waals surface area contributed by atoms with Gasteiger partial charge in [0.15, 0.2) is 0 Å². The zero-order chi connectivity index (χ0) is 25.7. The van der Waals surface area contributed by atoms with Gasteiger partial charge in [-0.3, -0.25) is 0 Å². The Kier molecular flexibility index (Phi) is 6.95. The van der Waals surface area contributed by atoms with Crippen LogP contribution in [0, 0.1) is 0 Å². The standard InChI is InChI=1S/C18H13N.C18H21N/c1-2-8-14(9-3-1)19-17-12-6-4-10-15(17)16-11-5-7-13-18(16)19;1-2-3-4-9-14-19-17-12-7-5-10-15(17)16-11-6-8-13-18(16)19/h1-13H;5-8,10-13H,2-4,9,14H2,1H3. The number of fused-ring (bicyclic) bond motifs is 6. The maximum atomic E-state index is 2.49. The summed E-state index contributed by atoms with van der Waals surface area (Å²) in [6.45, 7) is 3.40. The molecule has 0 N–H and O–H groups in total. The highest BCUT2D eigenvalue weighted by atomic mass is 15.0.